The molecule has 2 heteroatoms. The van der Waals surface area contributed by atoms with Crippen molar-refractivity contribution in [2.75, 3.05) is 0 Å². The second-order valence-corrected chi connectivity index (χ2v) is 3.66. The maximum Gasteiger partial charge on any atom is 0.159 e. The van der Waals surface area contributed by atoms with Gasteiger partial charge in [0.05, 0.1) is 0 Å². The molecule has 0 atom stereocenters. The Balaban J connectivity index is 0.000000386. The lowest BCUT2D eigenvalue weighted by atomic mass is 10.2. The van der Waals surface area contributed by atoms with E-state index < -0.39 is 0 Å². The molecule has 0 unspecified atom stereocenters. The molecule has 1 heterocycles. The molecule has 0 bridgehead atoms. The Bertz CT molecular complexity index is 393. The van der Waals surface area contributed by atoms with Crippen LogP contribution in [-0.2, 0) is 0 Å². The van der Waals surface area contributed by atoms with Gasteiger partial charge in [0.1, 0.15) is 0 Å². The predicted octanol–water partition coefficient (Wildman–Crippen LogP) is 3.87. The van der Waals surface area contributed by atoms with Crippen molar-refractivity contribution in [3.05, 3.63) is 48.3 Å². The Morgan fingerprint density at radius 2 is 1.44 bits per heavy atom. The van der Waals surface area contributed by atoms with Crippen LogP contribution in [0.5, 0.6) is 0 Å². The molecule has 0 amide bonds. The van der Waals surface area contributed by atoms with Crippen LogP contribution in [0.4, 0.5) is 0 Å². The molecule has 0 N–H and O–H groups in total. The number of aryl methyl sites for hydroxylation is 1. The van der Waals surface area contributed by atoms with Crippen molar-refractivity contribution in [1.82, 2.24) is 9.97 Å². The molecule has 2 rings (SSSR count). The maximum absolute atomic E-state index is 4.24. The molecular weight excluding hydrogens is 196 g/mol. The van der Waals surface area contributed by atoms with E-state index >= 15 is 0 Å². The van der Waals surface area contributed by atoms with E-state index in [1.807, 2.05) is 49.6 Å². The van der Waals surface area contributed by atoms with E-state index in [4.69, 9.17) is 0 Å². The predicted molar refractivity (Wildman–Crippen MR) is 68.2 cm³/mol. The highest BCUT2D eigenvalue weighted by Gasteiger charge is 1.97. The van der Waals surface area contributed by atoms with Gasteiger partial charge >= 0.3 is 0 Å². The van der Waals surface area contributed by atoms with Gasteiger partial charge in [-0.05, 0) is 12.5 Å². The summed E-state index contributed by atoms with van der Waals surface area (Å²) in [5.74, 6) is 0.784. The van der Waals surface area contributed by atoms with E-state index in [2.05, 4.69) is 23.8 Å². The van der Waals surface area contributed by atoms with Crippen molar-refractivity contribution in [2.24, 2.45) is 0 Å². The van der Waals surface area contributed by atoms with E-state index in [0.29, 0.717) is 0 Å². The van der Waals surface area contributed by atoms with Crippen LogP contribution < -0.4 is 0 Å². The van der Waals surface area contributed by atoms with Crippen LogP contribution in [0.3, 0.4) is 0 Å². The summed E-state index contributed by atoms with van der Waals surface area (Å²) in [7, 11) is 0. The normalized spacial score (nSPS) is 9.19. The summed E-state index contributed by atoms with van der Waals surface area (Å²) in [6.07, 6.45) is 4.91. The van der Waals surface area contributed by atoms with Gasteiger partial charge in [-0.1, -0.05) is 50.6 Å². The van der Waals surface area contributed by atoms with Crippen molar-refractivity contribution in [3.63, 3.8) is 0 Å². The Labute approximate surface area is 97.4 Å². The second kappa shape index (κ2) is 6.72. The Morgan fingerprint density at radius 1 is 0.938 bits per heavy atom. The van der Waals surface area contributed by atoms with Crippen LogP contribution in [0.1, 0.15) is 25.8 Å². The van der Waals surface area contributed by atoms with Gasteiger partial charge in [0.2, 0.25) is 0 Å². The van der Waals surface area contributed by atoms with Crippen LogP contribution in [0.2, 0.25) is 0 Å². The molecule has 16 heavy (non-hydrogen) atoms. The van der Waals surface area contributed by atoms with E-state index in [1.165, 1.54) is 6.42 Å². The van der Waals surface area contributed by atoms with Crippen molar-refractivity contribution < 1.29 is 0 Å². The highest BCUT2D eigenvalue weighted by Crippen LogP contribution is 2.12. The first-order valence-corrected chi connectivity index (χ1v) is 5.62. The van der Waals surface area contributed by atoms with Gasteiger partial charge in [-0.3, -0.25) is 0 Å². The Morgan fingerprint density at radius 3 is 1.94 bits per heavy atom. The van der Waals surface area contributed by atoms with E-state index in [1.54, 1.807) is 0 Å². The number of hydrogen-bond donors (Lipinski definition) is 0. The van der Waals surface area contributed by atoms with Crippen molar-refractivity contribution in [2.45, 2.75) is 27.2 Å². The number of hydrogen-bond acceptors (Lipinski definition) is 2. The van der Waals surface area contributed by atoms with Crippen molar-refractivity contribution in [3.8, 4) is 11.4 Å². The van der Waals surface area contributed by atoms with Crippen LogP contribution in [0.25, 0.3) is 11.4 Å². The molecule has 0 fully saturated rings. The van der Waals surface area contributed by atoms with Gasteiger partial charge in [-0.25, -0.2) is 9.97 Å². The SMILES string of the molecule is CCC.Cc1cnc(-c2ccccc2)nc1. The first kappa shape index (κ1) is 12.4. The minimum atomic E-state index is 0.784. The smallest absolute Gasteiger partial charge is 0.159 e. The van der Waals surface area contributed by atoms with Crippen LogP contribution >= 0.6 is 0 Å². The molecule has 2 aromatic rings. The second-order valence-electron chi connectivity index (χ2n) is 3.66. The minimum Gasteiger partial charge on any atom is -0.236 e. The van der Waals surface area contributed by atoms with Crippen molar-refractivity contribution >= 4 is 0 Å². The van der Waals surface area contributed by atoms with Crippen molar-refractivity contribution in [1.29, 1.82) is 0 Å². The molecule has 0 saturated heterocycles. The highest BCUT2D eigenvalue weighted by molar-refractivity contribution is 5.53. The Hall–Kier alpha value is -1.70. The third-order valence-electron chi connectivity index (χ3n) is 1.81. The molecule has 0 aliphatic rings. The largest absolute Gasteiger partial charge is 0.236 e. The first-order valence-electron chi connectivity index (χ1n) is 5.62. The fourth-order valence-electron chi connectivity index (χ4n) is 1.13. The van der Waals surface area contributed by atoms with Gasteiger partial charge in [0.25, 0.3) is 0 Å². The third kappa shape index (κ3) is 3.81. The van der Waals surface area contributed by atoms with E-state index in [9.17, 15) is 0 Å². The van der Waals surface area contributed by atoms with Gasteiger partial charge in [-0.15, -0.1) is 0 Å². The maximum atomic E-state index is 4.24. The molecule has 84 valence electrons. The minimum absolute atomic E-state index is 0.784. The Kier molecular flexibility index (Phi) is 5.20. The van der Waals surface area contributed by atoms with Crippen LogP contribution in [0.15, 0.2) is 42.7 Å². The summed E-state index contributed by atoms with van der Waals surface area (Å²) in [6, 6.07) is 9.96. The molecule has 0 radical (unpaired) electrons. The summed E-state index contributed by atoms with van der Waals surface area (Å²) < 4.78 is 0. The average Bonchev–Trinajstić information content (AvgIpc) is 2.32. The molecule has 0 saturated carbocycles. The fraction of sp³-hybridized carbons (Fsp3) is 0.286. The quantitative estimate of drug-likeness (QED) is 0.720. The monoisotopic (exact) mass is 214 g/mol. The standard InChI is InChI=1S/C11H10N2.C3H8/c1-9-7-12-11(13-8-9)10-5-3-2-4-6-10;1-3-2/h2-8H,1H3;3H2,1-2H3. The zero-order chi connectivity index (χ0) is 11.8. The fourth-order valence-corrected chi connectivity index (χ4v) is 1.13. The summed E-state index contributed by atoms with van der Waals surface area (Å²) in [6.45, 7) is 6.23. The molecule has 0 spiro atoms. The zero-order valence-electron chi connectivity index (χ0n) is 10.1. The van der Waals surface area contributed by atoms with Crippen LogP contribution in [0, 0.1) is 6.92 Å². The first-order chi connectivity index (χ1) is 7.77. The molecule has 2 nitrogen and oxygen atoms in total. The number of rotatable bonds is 1. The highest BCUT2D eigenvalue weighted by atomic mass is 14.9. The van der Waals surface area contributed by atoms with Gasteiger partial charge < -0.3 is 0 Å². The summed E-state index contributed by atoms with van der Waals surface area (Å²) in [5, 5.41) is 0. The zero-order valence-corrected chi connectivity index (χ0v) is 10.1. The molecular formula is C14H18N2. The van der Waals surface area contributed by atoms with Gasteiger partial charge in [0, 0.05) is 18.0 Å². The lowest BCUT2D eigenvalue weighted by Crippen LogP contribution is -1.88. The number of nitrogens with zero attached hydrogens (tertiary/aromatic N) is 2. The molecule has 1 aromatic carbocycles. The van der Waals surface area contributed by atoms with E-state index in [-0.39, 0.29) is 0 Å². The molecule has 0 aliphatic carbocycles. The molecule has 1 aromatic heterocycles. The lowest BCUT2D eigenvalue weighted by molar-refractivity contribution is 1.09. The van der Waals surface area contributed by atoms with Gasteiger partial charge in [0.15, 0.2) is 5.82 Å². The molecule has 0 aliphatic heterocycles. The summed E-state index contributed by atoms with van der Waals surface area (Å²) in [4.78, 5) is 8.47. The van der Waals surface area contributed by atoms with Gasteiger partial charge in [-0.2, -0.15) is 0 Å². The third-order valence-corrected chi connectivity index (χ3v) is 1.81. The summed E-state index contributed by atoms with van der Waals surface area (Å²) in [5.41, 5.74) is 2.14. The number of aromatic nitrogens is 2. The topological polar surface area (TPSA) is 25.8 Å². The number of benzene rings is 1. The van der Waals surface area contributed by atoms with E-state index in [0.717, 1.165) is 17.0 Å². The van der Waals surface area contributed by atoms with Crippen LogP contribution in [-0.4, -0.2) is 9.97 Å². The lowest BCUT2D eigenvalue weighted by Gasteiger charge is -1.98. The average molecular weight is 214 g/mol. The summed E-state index contributed by atoms with van der Waals surface area (Å²) >= 11 is 0.